The molecule has 0 radical (unpaired) electrons. The summed E-state index contributed by atoms with van der Waals surface area (Å²) in [5.41, 5.74) is 0.969. The van der Waals surface area contributed by atoms with Crippen molar-refractivity contribution in [1.29, 1.82) is 0 Å². The number of hydrogen-bond acceptors (Lipinski definition) is 2. The number of rotatable bonds is 4. The minimum atomic E-state index is -0.282. The van der Waals surface area contributed by atoms with Crippen LogP contribution in [0, 0.1) is 5.82 Å². The molecule has 19 heavy (non-hydrogen) atoms. The van der Waals surface area contributed by atoms with Crippen LogP contribution in [0.25, 0.3) is 0 Å². The number of nitrogens with one attached hydrogen (secondary N) is 1. The third-order valence-corrected chi connectivity index (χ3v) is 4.19. The highest BCUT2D eigenvalue weighted by molar-refractivity contribution is 6.31. The number of likely N-dealkylation sites (N-methyl/N-ethyl adjacent to an activating group) is 1. The molecule has 1 aromatic carbocycles. The lowest BCUT2D eigenvalue weighted by molar-refractivity contribution is 0.192. The Bertz CT molecular complexity index is 425. The standard InChI is InChI=1S/C15H22ClFN2/c1-3-19-8-4-5-13(10-19)18-11(2)14-7-6-12(17)9-15(14)16/h6-7,9,11,13,18H,3-5,8,10H2,1-2H3. The van der Waals surface area contributed by atoms with Crippen LogP contribution in [0.5, 0.6) is 0 Å². The average molecular weight is 285 g/mol. The summed E-state index contributed by atoms with van der Waals surface area (Å²) in [7, 11) is 0. The van der Waals surface area contributed by atoms with Crippen molar-refractivity contribution in [2.45, 2.75) is 38.8 Å². The second-order valence-electron chi connectivity index (χ2n) is 5.29. The van der Waals surface area contributed by atoms with Crippen LogP contribution in [-0.4, -0.2) is 30.6 Å². The van der Waals surface area contributed by atoms with Gasteiger partial charge in [0, 0.05) is 23.7 Å². The Labute approximate surface area is 119 Å². The molecule has 2 rings (SSSR count). The van der Waals surface area contributed by atoms with Gasteiger partial charge in [-0.2, -0.15) is 0 Å². The lowest BCUT2D eigenvalue weighted by Gasteiger charge is -2.34. The van der Waals surface area contributed by atoms with Crippen LogP contribution in [0.15, 0.2) is 18.2 Å². The van der Waals surface area contributed by atoms with Gasteiger partial charge in [-0.3, -0.25) is 0 Å². The molecule has 0 spiro atoms. The van der Waals surface area contributed by atoms with Gasteiger partial charge in [-0.1, -0.05) is 24.6 Å². The number of halogens is 2. The van der Waals surface area contributed by atoms with Gasteiger partial charge in [0.2, 0.25) is 0 Å². The maximum absolute atomic E-state index is 13.1. The smallest absolute Gasteiger partial charge is 0.124 e. The Hall–Kier alpha value is -0.640. The largest absolute Gasteiger partial charge is 0.306 e. The van der Waals surface area contributed by atoms with Gasteiger partial charge in [-0.05, 0) is 50.6 Å². The van der Waals surface area contributed by atoms with E-state index in [1.807, 2.05) is 0 Å². The van der Waals surface area contributed by atoms with Gasteiger partial charge in [0.15, 0.2) is 0 Å². The predicted octanol–water partition coefficient (Wildman–Crippen LogP) is 3.61. The highest BCUT2D eigenvalue weighted by Crippen LogP contribution is 2.25. The number of hydrogen-bond donors (Lipinski definition) is 1. The molecule has 1 saturated heterocycles. The summed E-state index contributed by atoms with van der Waals surface area (Å²) < 4.78 is 13.1. The Morgan fingerprint density at radius 2 is 2.32 bits per heavy atom. The Kier molecular flexibility index (Phi) is 5.20. The summed E-state index contributed by atoms with van der Waals surface area (Å²) in [5, 5.41) is 4.11. The first-order valence-electron chi connectivity index (χ1n) is 7.03. The van der Waals surface area contributed by atoms with E-state index in [0.29, 0.717) is 11.1 Å². The highest BCUT2D eigenvalue weighted by Gasteiger charge is 2.21. The molecule has 2 nitrogen and oxygen atoms in total. The second-order valence-corrected chi connectivity index (χ2v) is 5.69. The van der Waals surface area contributed by atoms with Gasteiger partial charge in [0.05, 0.1) is 0 Å². The molecular formula is C15H22ClFN2. The Morgan fingerprint density at radius 1 is 1.53 bits per heavy atom. The molecule has 0 saturated carbocycles. The van der Waals surface area contributed by atoms with E-state index in [4.69, 9.17) is 11.6 Å². The maximum Gasteiger partial charge on any atom is 0.124 e. The molecule has 106 valence electrons. The molecule has 1 fully saturated rings. The fraction of sp³-hybridized carbons (Fsp3) is 0.600. The first kappa shape index (κ1) is 14.8. The van der Waals surface area contributed by atoms with Crippen LogP contribution in [0.4, 0.5) is 4.39 Å². The van der Waals surface area contributed by atoms with E-state index in [1.165, 1.54) is 31.5 Å². The Balaban J connectivity index is 1.98. The molecule has 1 N–H and O–H groups in total. The van der Waals surface area contributed by atoms with E-state index in [1.54, 1.807) is 6.07 Å². The van der Waals surface area contributed by atoms with Gasteiger partial charge in [0.25, 0.3) is 0 Å². The summed E-state index contributed by atoms with van der Waals surface area (Å²) in [6, 6.07) is 5.27. The van der Waals surface area contributed by atoms with E-state index in [9.17, 15) is 4.39 Å². The lowest BCUT2D eigenvalue weighted by Crippen LogP contribution is -2.46. The van der Waals surface area contributed by atoms with Crippen molar-refractivity contribution < 1.29 is 4.39 Å². The van der Waals surface area contributed by atoms with Crippen molar-refractivity contribution in [1.82, 2.24) is 10.2 Å². The van der Waals surface area contributed by atoms with Crippen LogP contribution in [0.3, 0.4) is 0 Å². The quantitative estimate of drug-likeness (QED) is 0.908. The molecule has 1 aromatic rings. The number of piperidine rings is 1. The van der Waals surface area contributed by atoms with E-state index < -0.39 is 0 Å². The van der Waals surface area contributed by atoms with Gasteiger partial charge in [0.1, 0.15) is 5.82 Å². The van der Waals surface area contributed by atoms with Crippen molar-refractivity contribution in [3.63, 3.8) is 0 Å². The summed E-state index contributed by atoms with van der Waals surface area (Å²) in [6.45, 7) is 7.66. The highest BCUT2D eigenvalue weighted by atomic mass is 35.5. The van der Waals surface area contributed by atoms with Crippen molar-refractivity contribution in [2.24, 2.45) is 0 Å². The minimum Gasteiger partial charge on any atom is -0.306 e. The fourth-order valence-electron chi connectivity index (χ4n) is 2.77. The van der Waals surface area contributed by atoms with Crippen molar-refractivity contribution in [3.8, 4) is 0 Å². The van der Waals surface area contributed by atoms with Gasteiger partial charge in [-0.25, -0.2) is 4.39 Å². The molecule has 0 amide bonds. The minimum absolute atomic E-state index is 0.148. The summed E-state index contributed by atoms with van der Waals surface area (Å²) in [5.74, 6) is -0.282. The zero-order valence-corrected chi connectivity index (χ0v) is 12.4. The fourth-order valence-corrected chi connectivity index (χ4v) is 3.11. The normalized spacial score (nSPS) is 22.4. The molecule has 2 atom stereocenters. The average Bonchev–Trinajstić information content (AvgIpc) is 2.38. The van der Waals surface area contributed by atoms with E-state index in [0.717, 1.165) is 18.7 Å². The zero-order chi connectivity index (χ0) is 13.8. The molecule has 0 aromatic heterocycles. The van der Waals surface area contributed by atoms with Crippen LogP contribution < -0.4 is 5.32 Å². The SMILES string of the molecule is CCN1CCCC(NC(C)c2ccc(F)cc2Cl)C1. The van der Waals surface area contributed by atoms with Crippen molar-refractivity contribution in [2.75, 3.05) is 19.6 Å². The number of likely N-dealkylation sites (tertiary alicyclic amines) is 1. The maximum atomic E-state index is 13.1. The van der Waals surface area contributed by atoms with Gasteiger partial charge < -0.3 is 10.2 Å². The van der Waals surface area contributed by atoms with Crippen LogP contribution in [0.1, 0.15) is 38.3 Å². The molecule has 4 heteroatoms. The van der Waals surface area contributed by atoms with Gasteiger partial charge >= 0.3 is 0 Å². The zero-order valence-electron chi connectivity index (χ0n) is 11.6. The summed E-state index contributed by atoms with van der Waals surface area (Å²) in [6.07, 6.45) is 2.43. The van der Waals surface area contributed by atoms with E-state index in [-0.39, 0.29) is 11.9 Å². The van der Waals surface area contributed by atoms with E-state index in [2.05, 4.69) is 24.1 Å². The van der Waals surface area contributed by atoms with Crippen LogP contribution >= 0.6 is 11.6 Å². The second kappa shape index (κ2) is 6.69. The Morgan fingerprint density at radius 3 is 3.00 bits per heavy atom. The first-order chi connectivity index (χ1) is 9.10. The molecule has 1 heterocycles. The monoisotopic (exact) mass is 284 g/mol. The topological polar surface area (TPSA) is 15.3 Å². The molecule has 2 unspecified atom stereocenters. The summed E-state index contributed by atoms with van der Waals surface area (Å²) >= 11 is 6.11. The predicted molar refractivity (Wildman–Crippen MR) is 78.1 cm³/mol. The first-order valence-corrected chi connectivity index (χ1v) is 7.41. The van der Waals surface area contributed by atoms with Crippen molar-refractivity contribution >= 4 is 11.6 Å². The molecule has 1 aliphatic heterocycles. The number of benzene rings is 1. The van der Waals surface area contributed by atoms with Crippen LogP contribution in [0.2, 0.25) is 5.02 Å². The van der Waals surface area contributed by atoms with E-state index >= 15 is 0 Å². The molecule has 0 aliphatic carbocycles. The molecular weight excluding hydrogens is 263 g/mol. The van der Waals surface area contributed by atoms with Gasteiger partial charge in [-0.15, -0.1) is 0 Å². The lowest BCUT2D eigenvalue weighted by atomic mass is 10.0. The van der Waals surface area contributed by atoms with Crippen molar-refractivity contribution in [3.05, 3.63) is 34.6 Å². The van der Waals surface area contributed by atoms with Crippen LogP contribution in [-0.2, 0) is 0 Å². The molecule has 1 aliphatic rings. The third kappa shape index (κ3) is 3.91. The summed E-state index contributed by atoms with van der Waals surface area (Å²) in [4.78, 5) is 2.46. The molecule has 0 bridgehead atoms. The number of nitrogens with zero attached hydrogens (tertiary/aromatic N) is 1. The third-order valence-electron chi connectivity index (χ3n) is 3.87.